The molecule has 2 aromatic carbocycles. The summed E-state index contributed by atoms with van der Waals surface area (Å²) in [5, 5.41) is 9.09. The summed E-state index contributed by atoms with van der Waals surface area (Å²) in [6, 6.07) is 16.2. The number of benzene rings is 2. The Labute approximate surface area is 163 Å². The van der Waals surface area contributed by atoms with E-state index in [-0.39, 0.29) is 30.3 Å². The van der Waals surface area contributed by atoms with Gasteiger partial charge in [-0.05, 0) is 54.5 Å². The maximum absolute atomic E-state index is 13.6. The number of fused-ring (bicyclic) bond motifs is 2. The second-order valence-electron chi connectivity index (χ2n) is 7.30. The zero-order valence-corrected chi connectivity index (χ0v) is 15.5. The molecule has 2 unspecified atom stereocenters. The molecular weight excluding hydrogens is 355 g/mol. The molecule has 0 aromatic heterocycles. The molecule has 4 rings (SSSR count). The van der Waals surface area contributed by atoms with Gasteiger partial charge in [0, 0.05) is 6.04 Å². The van der Waals surface area contributed by atoms with Gasteiger partial charge in [-0.2, -0.15) is 5.26 Å². The van der Waals surface area contributed by atoms with E-state index < -0.39 is 5.82 Å². The fraction of sp³-hybridized carbons (Fsp3) is 0.304. The van der Waals surface area contributed by atoms with Crippen LogP contribution in [0.3, 0.4) is 0 Å². The Balaban J connectivity index is 1.52. The van der Waals surface area contributed by atoms with Gasteiger partial charge in [-0.1, -0.05) is 42.5 Å². The van der Waals surface area contributed by atoms with Crippen LogP contribution in [0.5, 0.6) is 0 Å². The van der Waals surface area contributed by atoms with Crippen molar-refractivity contribution < 1.29 is 13.9 Å². The first kappa shape index (κ1) is 18.2. The Kier molecular flexibility index (Phi) is 5.12. The number of piperidine rings is 1. The van der Waals surface area contributed by atoms with Crippen molar-refractivity contribution in [3.63, 3.8) is 0 Å². The molecule has 2 bridgehead atoms. The lowest BCUT2D eigenvalue weighted by molar-refractivity contribution is 0.0510. The maximum Gasteiger partial charge on any atom is 0.410 e. The number of nitriles is 1. The predicted molar refractivity (Wildman–Crippen MR) is 104 cm³/mol. The van der Waals surface area contributed by atoms with Crippen LogP contribution in [-0.2, 0) is 11.3 Å². The fourth-order valence-electron chi connectivity index (χ4n) is 4.13. The van der Waals surface area contributed by atoms with Crippen LogP contribution in [0, 0.1) is 17.1 Å². The van der Waals surface area contributed by atoms with E-state index in [0.717, 1.165) is 36.0 Å². The Morgan fingerprint density at radius 1 is 1.21 bits per heavy atom. The number of hydrogen-bond acceptors (Lipinski definition) is 3. The average Bonchev–Trinajstić information content (AvgIpc) is 2.72. The normalized spacial score (nSPS) is 20.9. The molecule has 4 nitrogen and oxygen atoms in total. The molecule has 0 N–H and O–H groups in total. The summed E-state index contributed by atoms with van der Waals surface area (Å²) in [6.07, 6.45) is 5.34. The van der Waals surface area contributed by atoms with Crippen LogP contribution in [0.2, 0.25) is 0 Å². The predicted octanol–water partition coefficient (Wildman–Crippen LogP) is 5.04. The Morgan fingerprint density at radius 2 is 2.04 bits per heavy atom. The van der Waals surface area contributed by atoms with Crippen LogP contribution >= 0.6 is 0 Å². The smallest absolute Gasteiger partial charge is 0.410 e. The lowest BCUT2D eigenvalue weighted by atomic mass is 9.83. The lowest BCUT2D eigenvalue weighted by Gasteiger charge is -2.44. The van der Waals surface area contributed by atoms with E-state index in [1.54, 1.807) is 12.1 Å². The Bertz CT molecular complexity index is 949. The molecule has 0 radical (unpaired) electrons. The third-order valence-corrected chi connectivity index (χ3v) is 5.51. The largest absolute Gasteiger partial charge is 0.445 e. The van der Waals surface area contributed by atoms with Gasteiger partial charge >= 0.3 is 6.09 Å². The topological polar surface area (TPSA) is 53.3 Å². The number of carbonyl (C=O) groups is 1. The monoisotopic (exact) mass is 376 g/mol. The average molecular weight is 376 g/mol. The highest BCUT2D eigenvalue weighted by molar-refractivity contribution is 5.75. The van der Waals surface area contributed by atoms with Crippen molar-refractivity contribution in [3.05, 3.63) is 77.1 Å². The molecule has 0 aliphatic carbocycles. The molecule has 0 saturated carbocycles. The minimum Gasteiger partial charge on any atom is -0.445 e. The highest BCUT2D eigenvalue weighted by atomic mass is 19.1. The number of carbonyl (C=O) groups excluding carboxylic acids is 1. The van der Waals surface area contributed by atoms with Crippen LogP contribution in [0.4, 0.5) is 9.18 Å². The minimum absolute atomic E-state index is 0.0265. The number of hydrogen-bond donors (Lipinski definition) is 0. The van der Waals surface area contributed by atoms with Crippen molar-refractivity contribution in [1.82, 2.24) is 4.90 Å². The first-order chi connectivity index (χ1) is 13.7. The third kappa shape index (κ3) is 3.63. The molecule has 28 heavy (non-hydrogen) atoms. The van der Waals surface area contributed by atoms with Crippen LogP contribution in [-0.4, -0.2) is 23.1 Å². The summed E-state index contributed by atoms with van der Waals surface area (Å²) in [6.45, 7) is 0.260. The van der Waals surface area contributed by atoms with Crippen molar-refractivity contribution in [3.8, 4) is 6.07 Å². The van der Waals surface area contributed by atoms with Gasteiger partial charge in [-0.15, -0.1) is 0 Å². The van der Waals surface area contributed by atoms with Crippen LogP contribution in [0.25, 0.3) is 5.57 Å². The van der Waals surface area contributed by atoms with Crippen molar-refractivity contribution >= 4 is 11.7 Å². The molecular formula is C23H21FN2O2. The van der Waals surface area contributed by atoms with Crippen molar-refractivity contribution in [2.24, 2.45) is 0 Å². The van der Waals surface area contributed by atoms with E-state index >= 15 is 0 Å². The summed E-state index contributed by atoms with van der Waals surface area (Å²) in [5.41, 5.74) is 2.93. The number of rotatable bonds is 3. The van der Waals surface area contributed by atoms with Crippen LogP contribution < -0.4 is 0 Å². The summed E-state index contributed by atoms with van der Waals surface area (Å²) in [7, 11) is 0. The van der Waals surface area contributed by atoms with Gasteiger partial charge < -0.3 is 4.74 Å². The summed E-state index contributed by atoms with van der Waals surface area (Å²) < 4.78 is 19.2. The van der Waals surface area contributed by atoms with E-state index in [9.17, 15) is 9.18 Å². The number of halogens is 1. The van der Waals surface area contributed by atoms with Crippen molar-refractivity contribution in [2.75, 3.05) is 0 Å². The number of nitrogens with zero attached hydrogens (tertiary/aromatic N) is 2. The highest BCUT2D eigenvalue weighted by Crippen LogP contribution is 2.37. The first-order valence-corrected chi connectivity index (χ1v) is 9.55. The fourth-order valence-corrected chi connectivity index (χ4v) is 4.13. The highest BCUT2D eigenvalue weighted by Gasteiger charge is 2.38. The van der Waals surface area contributed by atoms with E-state index in [1.807, 2.05) is 41.3 Å². The van der Waals surface area contributed by atoms with Gasteiger partial charge in [0.1, 0.15) is 18.5 Å². The van der Waals surface area contributed by atoms with Crippen molar-refractivity contribution in [2.45, 2.75) is 44.4 Å². The SMILES string of the molecule is N#Cc1cc(C2=CC3CCCC(C2)N3C(=O)OCc2ccccc2)ccc1F. The second kappa shape index (κ2) is 7.85. The summed E-state index contributed by atoms with van der Waals surface area (Å²) in [4.78, 5) is 14.6. The van der Waals surface area contributed by atoms with Crippen LogP contribution in [0.1, 0.15) is 42.4 Å². The molecule has 2 aromatic rings. The van der Waals surface area contributed by atoms with E-state index in [4.69, 9.17) is 10.00 Å². The molecule has 2 aliphatic rings. The Hall–Kier alpha value is -3.13. The van der Waals surface area contributed by atoms with Gasteiger partial charge in [0.2, 0.25) is 0 Å². The van der Waals surface area contributed by atoms with Gasteiger partial charge in [-0.25, -0.2) is 9.18 Å². The summed E-state index contributed by atoms with van der Waals surface area (Å²) in [5.74, 6) is -0.506. The van der Waals surface area contributed by atoms with E-state index in [2.05, 4.69) is 6.08 Å². The van der Waals surface area contributed by atoms with Gasteiger partial charge in [-0.3, -0.25) is 4.90 Å². The van der Waals surface area contributed by atoms with Crippen molar-refractivity contribution in [1.29, 1.82) is 5.26 Å². The van der Waals surface area contributed by atoms with E-state index in [1.165, 1.54) is 6.07 Å². The standard InChI is InChI=1S/C23H21FN2O2/c24-22-10-9-17(11-19(22)14-25)18-12-20-7-4-8-21(13-18)26(20)23(27)28-15-16-5-2-1-3-6-16/h1-3,5-6,9-12,20-21H,4,7-8,13,15H2. The molecule has 0 spiro atoms. The molecule has 2 aliphatic heterocycles. The van der Waals surface area contributed by atoms with E-state index in [0.29, 0.717) is 6.42 Å². The molecule has 1 amide bonds. The zero-order chi connectivity index (χ0) is 19.5. The number of amides is 1. The molecule has 2 heterocycles. The van der Waals surface area contributed by atoms with Gasteiger partial charge in [0.15, 0.2) is 0 Å². The molecule has 1 fully saturated rings. The summed E-state index contributed by atoms with van der Waals surface area (Å²) >= 11 is 0. The third-order valence-electron chi connectivity index (χ3n) is 5.51. The molecule has 142 valence electrons. The van der Waals surface area contributed by atoms with Gasteiger partial charge in [0.05, 0.1) is 11.6 Å². The van der Waals surface area contributed by atoms with Gasteiger partial charge in [0.25, 0.3) is 0 Å². The molecule has 2 atom stereocenters. The van der Waals surface area contributed by atoms with Crippen LogP contribution in [0.15, 0.2) is 54.6 Å². The Morgan fingerprint density at radius 3 is 2.79 bits per heavy atom. The molecule has 5 heteroatoms. The lowest BCUT2D eigenvalue weighted by Crippen LogP contribution is -2.51. The number of ether oxygens (including phenoxy) is 1. The molecule has 1 saturated heterocycles. The minimum atomic E-state index is -0.506. The zero-order valence-electron chi connectivity index (χ0n) is 15.5. The second-order valence-corrected chi connectivity index (χ2v) is 7.30. The first-order valence-electron chi connectivity index (χ1n) is 9.55. The maximum atomic E-state index is 13.6. The quantitative estimate of drug-likeness (QED) is 0.754.